The maximum Gasteiger partial charge on any atom is 0.0169 e. The van der Waals surface area contributed by atoms with Crippen molar-refractivity contribution in [2.45, 2.75) is 12.8 Å². The number of hydrogen-bond acceptors (Lipinski definition) is 2. The van der Waals surface area contributed by atoms with Crippen LogP contribution in [0.2, 0.25) is 0 Å². The van der Waals surface area contributed by atoms with Gasteiger partial charge in [0.2, 0.25) is 0 Å². The molecule has 0 aromatic carbocycles. The van der Waals surface area contributed by atoms with E-state index in [2.05, 4.69) is 39.0 Å². The fourth-order valence-corrected chi connectivity index (χ4v) is 0.909. The van der Waals surface area contributed by atoms with Gasteiger partial charge >= 0.3 is 0 Å². The van der Waals surface area contributed by atoms with Crippen LogP contribution >= 0.6 is 35.5 Å². The summed E-state index contributed by atoms with van der Waals surface area (Å²) in [4.78, 5) is 0. The van der Waals surface area contributed by atoms with Crippen LogP contribution in [-0.4, -0.2) is 12.3 Å². The van der Waals surface area contributed by atoms with E-state index in [1.165, 1.54) is 12.8 Å². The first-order valence-electron chi connectivity index (χ1n) is 2.36. The second-order valence-electron chi connectivity index (χ2n) is 1.31. The highest BCUT2D eigenvalue weighted by atomic mass is 127. The van der Waals surface area contributed by atoms with Gasteiger partial charge in [0, 0.05) is 29.4 Å². The maximum absolute atomic E-state index is 4.06. The predicted molar refractivity (Wildman–Crippen MR) is 45.1 cm³/mol. The molecule has 0 saturated heterocycles. The van der Waals surface area contributed by atoms with E-state index in [0.717, 1.165) is 12.3 Å². The molecule has 0 aliphatic carbocycles. The van der Waals surface area contributed by atoms with Crippen LogP contribution in [0.3, 0.4) is 0 Å². The Labute approximate surface area is 64.2 Å². The Kier molecular flexibility index (Phi) is 8.09. The fourth-order valence-electron chi connectivity index (χ4n) is 0.304. The Morgan fingerprint density at radius 2 is 2.14 bits per heavy atom. The van der Waals surface area contributed by atoms with Gasteiger partial charge in [-0.15, -0.1) is 0 Å². The van der Waals surface area contributed by atoms with Gasteiger partial charge in [-0.05, 0) is 18.6 Å². The summed E-state index contributed by atoms with van der Waals surface area (Å²) in [6, 6.07) is 0. The molecule has 0 unspecified atom stereocenters. The first-order valence-corrected chi connectivity index (χ1v) is 4.07. The highest BCUT2D eigenvalue weighted by Gasteiger charge is 1.80. The van der Waals surface area contributed by atoms with E-state index in [1.807, 2.05) is 0 Å². The van der Waals surface area contributed by atoms with Crippen molar-refractivity contribution in [3.63, 3.8) is 0 Å². The summed E-state index contributed by atoms with van der Waals surface area (Å²) in [7, 11) is 0. The smallest absolute Gasteiger partial charge is 0.0169 e. The van der Waals surface area contributed by atoms with Gasteiger partial charge in [0.25, 0.3) is 0 Å². The third-order valence-electron chi connectivity index (χ3n) is 0.679. The van der Waals surface area contributed by atoms with Crippen molar-refractivity contribution < 1.29 is 0 Å². The molecule has 3 heteroatoms. The second-order valence-corrected chi connectivity index (χ2v) is 2.52. The molecular weight excluding hydrogens is 221 g/mol. The molecule has 0 atom stereocenters. The lowest BCUT2D eigenvalue weighted by Crippen LogP contribution is -1.98. The molecule has 0 bridgehead atoms. The molecule has 0 aromatic heterocycles. The first-order chi connectivity index (χ1) is 3.41. The molecule has 0 amide bonds. The maximum atomic E-state index is 4.06. The Morgan fingerprint density at radius 1 is 1.43 bits per heavy atom. The van der Waals surface area contributed by atoms with Gasteiger partial charge in [0.15, 0.2) is 0 Å². The normalized spacial score (nSPS) is 9.43. The van der Waals surface area contributed by atoms with E-state index in [0.29, 0.717) is 0 Å². The van der Waals surface area contributed by atoms with Crippen LogP contribution in [0.4, 0.5) is 0 Å². The fraction of sp³-hybridized carbons (Fsp3) is 1.00. The number of unbranched alkanes of at least 4 members (excludes halogenated alkanes) is 1. The summed E-state index contributed by atoms with van der Waals surface area (Å²) in [6.45, 7) is 1.11. The van der Waals surface area contributed by atoms with Crippen LogP contribution in [0.25, 0.3) is 0 Å². The minimum absolute atomic E-state index is 1.01. The molecule has 0 aliphatic rings. The minimum Gasteiger partial charge on any atom is -0.261 e. The molecule has 1 N–H and O–H groups in total. The quantitative estimate of drug-likeness (QED) is 0.324. The third kappa shape index (κ3) is 7.04. The van der Waals surface area contributed by atoms with Crippen molar-refractivity contribution in [1.82, 2.24) is 3.53 Å². The van der Waals surface area contributed by atoms with Crippen LogP contribution in [0.5, 0.6) is 0 Å². The molecule has 7 heavy (non-hydrogen) atoms. The summed E-state index contributed by atoms with van der Waals surface area (Å²) in [5, 5.41) is 0. The molecule has 0 rings (SSSR count). The van der Waals surface area contributed by atoms with Crippen LogP contribution in [0, 0.1) is 0 Å². The lowest BCUT2D eigenvalue weighted by molar-refractivity contribution is 0.797. The van der Waals surface area contributed by atoms with E-state index < -0.39 is 0 Å². The zero-order valence-electron chi connectivity index (χ0n) is 4.15. The summed E-state index contributed by atoms with van der Waals surface area (Å²) >= 11 is 6.22. The summed E-state index contributed by atoms with van der Waals surface area (Å²) < 4.78 is 3.04. The van der Waals surface area contributed by atoms with Crippen molar-refractivity contribution in [2.75, 3.05) is 12.3 Å². The Balaban J connectivity index is 2.45. The van der Waals surface area contributed by atoms with Crippen LogP contribution < -0.4 is 3.53 Å². The van der Waals surface area contributed by atoms with Gasteiger partial charge in [0.1, 0.15) is 0 Å². The molecule has 44 valence electrons. The lowest BCUT2D eigenvalue weighted by atomic mass is 10.3. The number of hydrogen-bond donors (Lipinski definition) is 2. The molecule has 1 nitrogen and oxygen atoms in total. The molecule has 0 heterocycles. The van der Waals surface area contributed by atoms with Crippen molar-refractivity contribution in [1.29, 1.82) is 0 Å². The summed E-state index contributed by atoms with van der Waals surface area (Å²) in [6.07, 6.45) is 2.46. The highest BCUT2D eigenvalue weighted by Crippen LogP contribution is 1.89. The second kappa shape index (κ2) is 7.04. The SMILES string of the molecule is SCCCCNI. The van der Waals surface area contributed by atoms with E-state index in [-0.39, 0.29) is 0 Å². The average Bonchev–Trinajstić information content (AvgIpc) is 1.69. The summed E-state index contributed by atoms with van der Waals surface area (Å²) in [5.74, 6) is 1.01. The Bertz CT molecular complexity index is 30.9. The number of thiol groups is 1. The van der Waals surface area contributed by atoms with E-state index >= 15 is 0 Å². The highest BCUT2D eigenvalue weighted by molar-refractivity contribution is 14.1. The van der Waals surface area contributed by atoms with Crippen molar-refractivity contribution in [3.8, 4) is 0 Å². The van der Waals surface area contributed by atoms with Crippen molar-refractivity contribution in [2.24, 2.45) is 0 Å². The molecule has 0 saturated carbocycles. The van der Waals surface area contributed by atoms with Gasteiger partial charge in [-0.3, -0.25) is 3.53 Å². The topological polar surface area (TPSA) is 12.0 Å². The van der Waals surface area contributed by atoms with Crippen LogP contribution in [0.1, 0.15) is 12.8 Å². The molecule has 0 fully saturated rings. The van der Waals surface area contributed by atoms with Gasteiger partial charge in [0.05, 0.1) is 0 Å². The number of nitrogens with one attached hydrogen (secondary N) is 1. The number of halogens is 1. The van der Waals surface area contributed by atoms with Crippen molar-refractivity contribution >= 4 is 35.5 Å². The Morgan fingerprint density at radius 3 is 2.57 bits per heavy atom. The van der Waals surface area contributed by atoms with Gasteiger partial charge in [-0.1, -0.05) is 0 Å². The minimum atomic E-state index is 1.01. The monoisotopic (exact) mass is 231 g/mol. The first kappa shape index (κ1) is 8.04. The van der Waals surface area contributed by atoms with Gasteiger partial charge in [-0.25, -0.2) is 0 Å². The lowest BCUT2D eigenvalue weighted by Gasteiger charge is -1.91. The van der Waals surface area contributed by atoms with E-state index in [1.54, 1.807) is 0 Å². The van der Waals surface area contributed by atoms with Gasteiger partial charge < -0.3 is 0 Å². The zero-order chi connectivity index (χ0) is 5.54. The van der Waals surface area contributed by atoms with Crippen LogP contribution in [-0.2, 0) is 0 Å². The van der Waals surface area contributed by atoms with E-state index in [4.69, 9.17) is 0 Å². The van der Waals surface area contributed by atoms with Crippen molar-refractivity contribution in [3.05, 3.63) is 0 Å². The molecular formula is C4H10INS. The molecule has 0 aliphatic heterocycles. The molecule has 0 aromatic rings. The van der Waals surface area contributed by atoms with E-state index in [9.17, 15) is 0 Å². The predicted octanol–water partition coefficient (Wildman–Crippen LogP) is 1.64. The third-order valence-corrected chi connectivity index (χ3v) is 1.53. The largest absolute Gasteiger partial charge is 0.261 e. The summed E-state index contributed by atoms with van der Waals surface area (Å²) in [5.41, 5.74) is 0. The molecule has 0 spiro atoms. The standard InChI is InChI=1S/C4H10INS/c5-6-3-1-2-4-7/h6-7H,1-4H2. The van der Waals surface area contributed by atoms with Crippen LogP contribution in [0.15, 0.2) is 0 Å². The average molecular weight is 231 g/mol. The number of rotatable bonds is 4. The van der Waals surface area contributed by atoms with Gasteiger partial charge in [-0.2, -0.15) is 12.6 Å². The molecule has 0 radical (unpaired) electrons. The Hall–Kier alpha value is 1.04. The zero-order valence-corrected chi connectivity index (χ0v) is 7.21.